The van der Waals surface area contributed by atoms with Gasteiger partial charge in [-0.2, -0.15) is 0 Å². The first kappa shape index (κ1) is 35.9. The zero-order chi connectivity index (χ0) is 33.3. The number of esters is 4. The average Bonchev–Trinajstić information content (AvgIpc) is 3.03. The largest absolute Gasteiger partial charge is 0.459 e. The van der Waals surface area contributed by atoms with E-state index in [9.17, 15) is 23.6 Å². The van der Waals surface area contributed by atoms with Crippen LogP contribution in [-0.2, 0) is 9.53 Å². The van der Waals surface area contributed by atoms with Gasteiger partial charge in [-0.3, -0.25) is 4.79 Å². The predicted octanol–water partition coefficient (Wildman–Crippen LogP) is 9.05. The lowest BCUT2D eigenvalue weighted by atomic mass is 10.1. The van der Waals surface area contributed by atoms with Crippen LogP contribution < -0.4 is 14.2 Å². The first-order valence-electron chi connectivity index (χ1n) is 16.1. The first-order valence-corrected chi connectivity index (χ1v) is 16.1. The molecule has 0 saturated heterocycles. The topological polar surface area (TPSA) is 105 Å². The van der Waals surface area contributed by atoms with E-state index >= 15 is 0 Å². The van der Waals surface area contributed by atoms with Crippen molar-refractivity contribution in [2.75, 3.05) is 0 Å². The maximum Gasteiger partial charge on any atom is 0.343 e. The quantitative estimate of drug-likeness (QED) is 0.0775. The average molecular weight is 635 g/mol. The standard InChI is InChI=1S/C37H43FO8/c1-4-6-7-8-9-10-11-12-14-34(39)44-29-19-15-27(16-20-29)35(40)45-30-21-17-28(18-22-30)36(41)46-31-23-24-32(33(38)25-31)37(42)43-26(3)13-5-2/h15-26H,4-14H2,1-3H3. The molecule has 3 rings (SSSR count). The lowest BCUT2D eigenvalue weighted by Crippen LogP contribution is -2.16. The molecule has 0 bridgehead atoms. The van der Waals surface area contributed by atoms with Crippen LogP contribution in [0.25, 0.3) is 0 Å². The molecule has 46 heavy (non-hydrogen) atoms. The molecular formula is C37H43FO8. The van der Waals surface area contributed by atoms with Gasteiger partial charge in [0.25, 0.3) is 0 Å². The predicted molar refractivity (Wildman–Crippen MR) is 172 cm³/mol. The Morgan fingerprint density at radius 3 is 1.65 bits per heavy atom. The minimum Gasteiger partial charge on any atom is -0.459 e. The molecule has 8 nitrogen and oxygen atoms in total. The summed E-state index contributed by atoms with van der Waals surface area (Å²) in [7, 11) is 0. The summed E-state index contributed by atoms with van der Waals surface area (Å²) >= 11 is 0. The van der Waals surface area contributed by atoms with E-state index in [0.29, 0.717) is 18.6 Å². The van der Waals surface area contributed by atoms with Crippen LogP contribution >= 0.6 is 0 Å². The Morgan fingerprint density at radius 1 is 0.609 bits per heavy atom. The first-order chi connectivity index (χ1) is 22.2. The van der Waals surface area contributed by atoms with Crippen molar-refractivity contribution in [3.63, 3.8) is 0 Å². The van der Waals surface area contributed by atoms with E-state index in [1.165, 1.54) is 92.8 Å². The molecule has 0 amide bonds. The number of ether oxygens (including phenoxy) is 4. The number of unbranched alkanes of at least 4 members (excludes halogenated alkanes) is 7. The highest BCUT2D eigenvalue weighted by molar-refractivity contribution is 5.93. The fourth-order valence-corrected chi connectivity index (χ4v) is 4.67. The molecule has 0 aliphatic rings. The summed E-state index contributed by atoms with van der Waals surface area (Å²) < 4.78 is 35.7. The highest BCUT2D eigenvalue weighted by Gasteiger charge is 2.18. The van der Waals surface area contributed by atoms with Crippen molar-refractivity contribution >= 4 is 23.9 Å². The Balaban J connectivity index is 1.44. The van der Waals surface area contributed by atoms with E-state index in [4.69, 9.17) is 18.9 Å². The molecule has 0 aromatic heterocycles. The summed E-state index contributed by atoms with van der Waals surface area (Å²) in [5.74, 6) is -2.91. The van der Waals surface area contributed by atoms with Crippen LogP contribution in [0.3, 0.4) is 0 Å². The Kier molecular flexibility index (Phi) is 14.9. The lowest BCUT2D eigenvalue weighted by Gasteiger charge is -2.13. The van der Waals surface area contributed by atoms with Crippen molar-refractivity contribution in [3.05, 3.63) is 89.2 Å². The molecule has 3 aromatic carbocycles. The second-order valence-electron chi connectivity index (χ2n) is 11.2. The third-order valence-electron chi connectivity index (χ3n) is 7.23. The van der Waals surface area contributed by atoms with Crippen LogP contribution in [0.2, 0.25) is 0 Å². The Hall–Kier alpha value is -4.53. The van der Waals surface area contributed by atoms with Crippen LogP contribution in [0.15, 0.2) is 66.7 Å². The Bertz CT molecular complexity index is 1430. The molecule has 0 fully saturated rings. The van der Waals surface area contributed by atoms with E-state index in [2.05, 4.69) is 6.92 Å². The maximum atomic E-state index is 14.5. The van der Waals surface area contributed by atoms with E-state index in [1.54, 1.807) is 6.92 Å². The second kappa shape index (κ2) is 19.1. The smallest absolute Gasteiger partial charge is 0.343 e. The number of hydrogen-bond acceptors (Lipinski definition) is 8. The van der Waals surface area contributed by atoms with E-state index in [1.807, 2.05) is 6.92 Å². The van der Waals surface area contributed by atoms with Gasteiger partial charge in [-0.05, 0) is 80.4 Å². The molecule has 3 aromatic rings. The number of benzene rings is 3. The number of carbonyl (C=O) groups is 4. The van der Waals surface area contributed by atoms with Gasteiger partial charge in [-0.25, -0.2) is 18.8 Å². The Morgan fingerprint density at radius 2 is 1.11 bits per heavy atom. The van der Waals surface area contributed by atoms with Gasteiger partial charge in [0.2, 0.25) is 0 Å². The third-order valence-corrected chi connectivity index (χ3v) is 7.23. The molecule has 0 aliphatic carbocycles. The van der Waals surface area contributed by atoms with Gasteiger partial charge in [0.1, 0.15) is 23.1 Å². The normalized spacial score (nSPS) is 11.4. The van der Waals surface area contributed by atoms with Crippen LogP contribution in [0, 0.1) is 5.82 Å². The third kappa shape index (κ3) is 12.1. The highest BCUT2D eigenvalue weighted by Crippen LogP contribution is 2.22. The van der Waals surface area contributed by atoms with E-state index in [0.717, 1.165) is 31.7 Å². The number of carbonyl (C=O) groups excluding carboxylic acids is 4. The van der Waals surface area contributed by atoms with Crippen molar-refractivity contribution in [1.82, 2.24) is 0 Å². The minimum absolute atomic E-state index is 0.0848. The van der Waals surface area contributed by atoms with E-state index in [-0.39, 0.29) is 40.3 Å². The molecule has 0 N–H and O–H groups in total. The van der Waals surface area contributed by atoms with Gasteiger partial charge < -0.3 is 18.9 Å². The molecule has 0 saturated carbocycles. The molecule has 0 spiro atoms. The summed E-state index contributed by atoms with van der Waals surface area (Å²) in [6, 6.07) is 15.2. The zero-order valence-electron chi connectivity index (χ0n) is 26.9. The van der Waals surface area contributed by atoms with Gasteiger partial charge in [0, 0.05) is 12.5 Å². The highest BCUT2D eigenvalue weighted by atomic mass is 19.1. The molecule has 0 aliphatic heterocycles. The Labute approximate surface area is 270 Å². The summed E-state index contributed by atoms with van der Waals surface area (Å²) in [6.07, 6.45) is 10.6. The van der Waals surface area contributed by atoms with Crippen molar-refractivity contribution in [2.24, 2.45) is 0 Å². The second-order valence-corrected chi connectivity index (χ2v) is 11.2. The molecule has 1 unspecified atom stereocenters. The van der Waals surface area contributed by atoms with Gasteiger partial charge in [-0.1, -0.05) is 65.2 Å². The molecular weight excluding hydrogens is 591 g/mol. The van der Waals surface area contributed by atoms with Crippen LogP contribution in [-0.4, -0.2) is 30.0 Å². The monoisotopic (exact) mass is 634 g/mol. The minimum atomic E-state index is -0.869. The lowest BCUT2D eigenvalue weighted by molar-refractivity contribution is -0.134. The van der Waals surface area contributed by atoms with Gasteiger partial charge in [0.05, 0.1) is 22.8 Å². The fraction of sp³-hybridized carbons (Fsp3) is 0.405. The summed E-state index contributed by atoms with van der Waals surface area (Å²) in [5, 5.41) is 0. The number of halogens is 1. The fourth-order valence-electron chi connectivity index (χ4n) is 4.67. The van der Waals surface area contributed by atoms with Crippen molar-refractivity contribution in [2.45, 2.75) is 97.5 Å². The molecule has 0 heterocycles. The zero-order valence-corrected chi connectivity index (χ0v) is 26.9. The number of hydrogen-bond donors (Lipinski definition) is 0. The molecule has 0 radical (unpaired) electrons. The summed E-state index contributed by atoms with van der Waals surface area (Å²) in [6.45, 7) is 5.88. The molecule has 9 heteroatoms. The number of rotatable bonds is 18. The summed E-state index contributed by atoms with van der Waals surface area (Å²) in [4.78, 5) is 49.5. The summed E-state index contributed by atoms with van der Waals surface area (Å²) in [5.41, 5.74) is 0.134. The maximum absolute atomic E-state index is 14.5. The van der Waals surface area contributed by atoms with Gasteiger partial charge >= 0.3 is 23.9 Å². The molecule has 246 valence electrons. The van der Waals surface area contributed by atoms with Gasteiger partial charge in [-0.15, -0.1) is 0 Å². The van der Waals surface area contributed by atoms with E-state index < -0.39 is 23.7 Å². The van der Waals surface area contributed by atoms with Crippen molar-refractivity contribution in [3.8, 4) is 17.2 Å². The van der Waals surface area contributed by atoms with Gasteiger partial charge in [0.15, 0.2) is 0 Å². The van der Waals surface area contributed by atoms with Crippen LogP contribution in [0.4, 0.5) is 4.39 Å². The SMILES string of the molecule is CCCCCCCCCCC(=O)Oc1ccc(C(=O)Oc2ccc(C(=O)Oc3ccc(C(=O)OC(C)CCC)c(F)c3)cc2)cc1. The van der Waals surface area contributed by atoms with Crippen molar-refractivity contribution < 1.29 is 42.5 Å². The van der Waals surface area contributed by atoms with Crippen LogP contribution in [0.1, 0.15) is 122 Å². The van der Waals surface area contributed by atoms with Crippen LogP contribution in [0.5, 0.6) is 17.2 Å². The molecule has 1 atom stereocenters. The van der Waals surface area contributed by atoms with Crippen molar-refractivity contribution in [1.29, 1.82) is 0 Å².